The average Bonchev–Trinajstić information content (AvgIpc) is 3.39. The lowest BCUT2D eigenvalue weighted by molar-refractivity contribution is -0.247. The summed E-state index contributed by atoms with van der Waals surface area (Å²) in [7, 11) is -2.86. The van der Waals surface area contributed by atoms with Crippen LogP contribution in [0.3, 0.4) is 0 Å². The maximum Gasteiger partial charge on any atom is 0.306 e. The van der Waals surface area contributed by atoms with Gasteiger partial charge in [0, 0.05) is 37.1 Å². The lowest BCUT2D eigenvalue weighted by Crippen LogP contribution is -2.69. The van der Waals surface area contributed by atoms with Gasteiger partial charge in [0.1, 0.15) is 6.10 Å². The minimum Gasteiger partial charge on any atom is -0.481 e. The number of aliphatic carboxylic acids is 1. The fourth-order valence-corrected chi connectivity index (χ4v) is 15.7. The summed E-state index contributed by atoms with van der Waals surface area (Å²) in [5.74, 6) is 3.37. The number of carboxylic acid groups (broad SMARTS) is 1. The van der Waals surface area contributed by atoms with Gasteiger partial charge in [-0.25, -0.2) is 8.42 Å². The van der Waals surface area contributed by atoms with E-state index in [1.54, 1.807) is 0 Å². The predicted molar refractivity (Wildman–Crippen MR) is 203 cm³/mol. The Kier molecular flexibility index (Phi) is 10.5. The molecule has 10 atom stereocenters. The lowest BCUT2D eigenvalue weighted by atomic mass is 9.32. The highest BCUT2D eigenvalue weighted by Gasteiger charge is 2.71. The van der Waals surface area contributed by atoms with E-state index in [4.69, 9.17) is 4.74 Å². The van der Waals surface area contributed by atoms with Gasteiger partial charge in [0.2, 0.25) is 0 Å². The SMILES string of the molecule is CC(C)[C@@H]1CC[C@]2(NCCN3CCS(=O)(=O)CC3)CC[C@]3(C)[C@H](CC[C@@H]4[C@@]5(C)CC[C@H](OC(=O)CC(C)(C)CC(=O)O)C(C)(C)[C@@H]5CC[C@]43C)[C@@H]12. The number of nitrogens with zero attached hydrogens (tertiary/aromatic N) is 1. The smallest absolute Gasteiger partial charge is 0.306 e. The fraction of sp³-hybridized carbons (Fsp3) is 0.952. The van der Waals surface area contributed by atoms with E-state index in [0.29, 0.717) is 54.2 Å². The van der Waals surface area contributed by atoms with Gasteiger partial charge < -0.3 is 20.1 Å². The Labute approximate surface area is 310 Å². The standard InChI is InChI=1S/C42H72N2O6S/c1-28(2)29-12-17-42(43-20-21-44-22-24-51(48,49)25-23-44)19-18-40(8)30(36(29)42)10-11-32-39(7)15-14-33(38(5,6)31(39)13-16-41(32,40)9)50-35(47)27-37(3,4)26-34(45)46/h28-33,36,43H,10-27H2,1-9H3,(H,45,46)/t29-,30+,31-,32+,33-,36+,39-,40+,41+,42-/m0/s1. The number of esters is 1. The van der Waals surface area contributed by atoms with Crippen LogP contribution in [0.1, 0.15) is 139 Å². The van der Waals surface area contributed by atoms with Crippen molar-refractivity contribution in [3.63, 3.8) is 0 Å². The molecule has 0 bridgehead atoms. The molecular weight excluding hydrogens is 661 g/mol. The van der Waals surface area contributed by atoms with Crippen molar-refractivity contribution in [1.29, 1.82) is 0 Å². The minimum absolute atomic E-state index is 0.0420. The normalized spacial score (nSPS) is 43.4. The van der Waals surface area contributed by atoms with Crippen molar-refractivity contribution < 1.29 is 27.9 Å². The van der Waals surface area contributed by atoms with Gasteiger partial charge in [0.25, 0.3) is 0 Å². The summed E-state index contributed by atoms with van der Waals surface area (Å²) in [4.78, 5) is 27.0. The van der Waals surface area contributed by atoms with Crippen molar-refractivity contribution in [2.45, 2.75) is 151 Å². The van der Waals surface area contributed by atoms with Crippen LogP contribution >= 0.6 is 0 Å². The second kappa shape index (κ2) is 13.5. The second-order valence-electron chi connectivity index (χ2n) is 21.0. The van der Waals surface area contributed by atoms with E-state index in [-0.39, 0.29) is 52.1 Å². The number of hydrogen-bond donors (Lipinski definition) is 2. The van der Waals surface area contributed by atoms with Gasteiger partial charge in [0.15, 0.2) is 9.84 Å². The van der Waals surface area contributed by atoms with Crippen LogP contribution in [-0.4, -0.2) is 79.7 Å². The highest BCUT2D eigenvalue weighted by molar-refractivity contribution is 7.91. The van der Waals surface area contributed by atoms with Crippen molar-refractivity contribution in [3.05, 3.63) is 0 Å². The molecule has 1 aliphatic heterocycles. The highest BCUT2D eigenvalue weighted by Crippen LogP contribution is 2.76. The summed E-state index contributed by atoms with van der Waals surface area (Å²) >= 11 is 0. The predicted octanol–water partition coefficient (Wildman–Crippen LogP) is 7.60. The summed E-state index contributed by atoms with van der Waals surface area (Å²) in [5, 5.41) is 13.6. The monoisotopic (exact) mass is 733 g/mol. The third kappa shape index (κ3) is 6.87. The van der Waals surface area contributed by atoms with Crippen molar-refractivity contribution in [1.82, 2.24) is 10.2 Å². The summed E-state index contributed by atoms with van der Waals surface area (Å²) in [6.45, 7) is 24.5. The average molecular weight is 733 g/mol. The number of carbonyl (C=O) groups is 2. The van der Waals surface area contributed by atoms with Crippen LogP contribution in [0.5, 0.6) is 0 Å². The first-order valence-electron chi connectivity index (χ1n) is 20.7. The molecule has 0 spiro atoms. The Balaban J connectivity index is 1.19. The summed E-state index contributed by atoms with van der Waals surface area (Å²) in [6, 6.07) is 0. The Bertz CT molecular complexity index is 1430. The van der Waals surface area contributed by atoms with Gasteiger partial charge in [-0.1, -0.05) is 62.3 Å². The van der Waals surface area contributed by atoms with Crippen LogP contribution in [-0.2, 0) is 24.2 Å². The van der Waals surface area contributed by atoms with Crippen LogP contribution in [0.25, 0.3) is 0 Å². The molecular formula is C42H72N2O6S. The van der Waals surface area contributed by atoms with Crippen molar-refractivity contribution in [2.75, 3.05) is 37.7 Å². The Morgan fingerprint density at radius 1 is 0.863 bits per heavy atom. The molecule has 6 rings (SSSR count). The lowest BCUT2D eigenvalue weighted by Gasteiger charge is -2.73. The molecule has 0 aromatic carbocycles. The number of rotatable bonds is 10. The maximum atomic E-state index is 13.2. The number of carbonyl (C=O) groups excluding carboxylic acids is 1. The molecule has 0 amide bonds. The molecule has 0 radical (unpaired) electrons. The quantitative estimate of drug-likeness (QED) is 0.221. The number of nitrogens with one attached hydrogen (secondary N) is 1. The minimum atomic E-state index is -2.86. The molecule has 0 aromatic rings. The molecule has 8 nitrogen and oxygen atoms in total. The first kappa shape index (κ1) is 39.5. The number of ether oxygens (including phenoxy) is 1. The molecule has 51 heavy (non-hydrogen) atoms. The fourth-order valence-electron chi connectivity index (χ4n) is 14.4. The molecule has 1 saturated heterocycles. The molecule has 292 valence electrons. The molecule has 5 saturated carbocycles. The first-order valence-corrected chi connectivity index (χ1v) is 22.5. The molecule has 5 aliphatic carbocycles. The number of hydrogen-bond acceptors (Lipinski definition) is 7. The molecule has 9 heteroatoms. The first-order chi connectivity index (χ1) is 23.6. The van der Waals surface area contributed by atoms with Crippen molar-refractivity contribution >= 4 is 21.8 Å². The van der Waals surface area contributed by atoms with Crippen LogP contribution < -0.4 is 5.32 Å². The van der Waals surface area contributed by atoms with Gasteiger partial charge in [-0.15, -0.1) is 0 Å². The van der Waals surface area contributed by atoms with Crippen LogP contribution in [0, 0.1) is 62.6 Å². The van der Waals surface area contributed by atoms with Gasteiger partial charge in [-0.2, -0.15) is 0 Å². The summed E-state index contributed by atoms with van der Waals surface area (Å²) in [5.41, 5.74) is 0.151. The zero-order chi connectivity index (χ0) is 37.4. The van der Waals surface area contributed by atoms with E-state index >= 15 is 0 Å². The molecule has 2 N–H and O–H groups in total. The third-order valence-corrected chi connectivity index (χ3v) is 18.8. The van der Waals surface area contributed by atoms with Gasteiger partial charge in [0.05, 0.1) is 24.3 Å². The van der Waals surface area contributed by atoms with Gasteiger partial charge >= 0.3 is 11.9 Å². The number of sulfone groups is 1. The highest BCUT2D eigenvalue weighted by atomic mass is 32.2. The largest absolute Gasteiger partial charge is 0.481 e. The number of carboxylic acids is 1. The molecule has 1 heterocycles. The van der Waals surface area contributed by atoms with Crippen LogP contribution in [0.2, 0.25) is 0 Å². The second-order valence-corrected chi connectivity index (χ2v) is 23.3. The van der Waals surface area contributed by atoms with E-state index in [2.05, 4.69) is 58.7 Å². The topological polar surface area (TPSA) is 113 Å². The van der Waals surface area contributed by atoms with Crippen molar-refractivity contribution in [3.8, 4) is 0 Å². The van der Waals surface area contributed by atoms with E-state index in [1.165, 1.54) is 51.4 Å². The Morgan fingerprint density at radius 3 is 2.20 bits per heavy atom. The van der Waals surface area contributed by atoms with Crippen LogP contribution in [0.4, 0.5) is 0 Å². The van der Waals surface area contributed by atoms with E-state index in [9.17, 15) is 23.1 Å². The third-order valence-electron chi connectivity index (χ3n) is 17.1. The summed E-state index contributed by atoms with van der Waals surface area (Å²) in [6.07, 6.45) is 12.0. The zero-order valence-electron chi connectivity index (χ0n) is 33.6. The molecule has 6 fully saturated rings. The summed E-state index contributed by atoms with van der Waals surface area (Å²) < 4.78 is 30.4. The van der Waals surface area contributed by atoms with Crippen LogP contribution in [0.15, 0.2) is 0 Å². The number of fused-ring (bicyclic) bond motifs is 7. The van der Waals surface area contributed by atoms with Crippen molar-refractivity contribution in [2.24, 2.45) is 62.6 Å². The van der Waals surface area contributed by atoms with Gasteiger partial charge in [-0.05, 0) is 121 Å². The van der Waals surface area contributed by atoms with E-state index < -0.39 is 21.2 Å². The maximum absolute atomic E-state index is 13.2. The van der Waals surface area contributed by atoms with Gasteiger partial charge in [-0.3, -0.25) is 9.59 Å². The zero-order valence-corrected chi connectivity index (χ0v) is 34.4. The molecule has 0 unspecified atom stereocenters. The Morgan fingerprint density at radius 2 is 1.55 bits per heavy atom. The molecule has 0 aromatic heterocycles. The van der Waals surface area contributed by atoms with E-state index in [0.717, 1.165) is 31.8 Å². The Hall–Kier alpha value is -1.19. The molecule has 6 aliphatic rings. The van der Waals surface area contributed by atoms with E-state index in [1.807, 2.05) is 13.8 Å².